The normalized spacial score (nSPS) is 6.43. The molecule has 0 unspecified atom stereocenters. The molecule has 0 amide bonds. The molecule has 0 saturated carbocycles. The first-order valence-corrected chi connectivity index (χ1v) is 7.12. The van der Waals surface area contributed by atoms with Gasteiger partial charge >= 0.3 is 71.6 Å². The Hall–Kier alpha value is 3.22. The van der Waals surface area contributed by atoms with Gasteiger partial charge in [-0.3, -0.25) is 0 Å². The average molecular weight is 372 g/mol. The van der Waals surface area contributed by atoms with Crippen molar-refractivity contribution >= 4 is 29.1 Å². The second kappa shape index (κ2) is 16.1. The van der Waals surface area contributed by atoms with Crippen LogP contribution in [0.15, 0.2) is 0 Å². The fraction of sp³-hybridized carbons (Fsp3) is 0. The molecule has 0 aliphatic heterocycles. The van der Waals surface area contributed by atoms with Gasteiger partial charge in [-0.2, -0.15) is 0 Å². The van der Waals surface area contributed by atoms with E-state index in [4.69, 9.17) is 29.1 Å². The summed E-state index contributed by atoms with van der Waals surface area (Å²) in [4.78, 5) is 0. The SMILES string of the molecule is [CH3-].[Cl][Ru]([Cl])[Cl].[I-].[Na+]. The van der Waals surface area contributed by atoms with E-state index in [1.165, 1.54) is 0 Å². The van der Waals surface area contributed by atoms with Crippen LogP contribution < -0.4 is 53.5 Å². The van der Waals surface area contributed by atoms with Crippen molar-refractivity contribution in [2.75, 3.05) is 0 Å². The molecule has 0 spiro atoms. The summed E-state index contributed by atoms with van der Waals surface area (Å²) < 4.78 is 0. The first-order chi connectivity index (χ1) is 1.73. The molecule has 0 rings (SSSR count). The van der Waals surface area contributed by atoms with Gasteiger partial charge in [-0.15, -0.1) is 0 Å². The summed E-state index contributed by atoms with van der Waals surface area (Å²) in [5.41, 5.74) is 0. The van der Waals surface area contributed by atoms with Crippen molar-refractivity contribution in [2.24, 2.45) is 0 Å². The number of hydrogen-bond donors (Lipinski definition) is 0. The summed E-state index contributed by atoms with van der Waals surface area (Å²) in [5, 5.41) is 0. The first kappa shape index (κ1) is 22.5. The van der Waals surface area contributed by atoms with Gasteiger partial charge in [0, 0.05) is 0 Å². The van der Waals surface area contributed by atoms with Gasteiger partial charge in [0.25, 0.3) is 0 Å². The zero-order valence-electron chi connectivity index (χ0n) is 3.87. The Kier molecular flexibility index (Phi) is 51.7. The molecule has 0 aromatic carbocycles. The molecule has 0 aliphatic rings. The third-order valence-corrected chi connectivity index (χ3v) is 0. The minimum Gasteiger partial charge on any atom is -1.00 e. The Morgan fingerprint density at radius 3 is 1.00 bits per heavy atom. The number of hydrogen-bond acceptors (Lipinski definition) is 0. The quantitative estimate of drug-likeness (QED) is 0.236. The largest absolute Gasteiger partial charge is 1.00 e. The van der Waals surface area contributed by atoms with Crippen LogP contribution in [0.2, 0.25) is 0 Å². The van der Waals surface area contributed by atoms with Crippen molar-refractivity contribution in [2.45, 2.75) is 0 Å². The monoisotopic (exact) mass is 372 g/mol. The molecule has 0 aromatic heterocycles. The van der Waals surface area contributed by atoms with Gasteiger partial charge in [0.15, 0.2) is 0 Å². The van der Waals surface area contributed by atoms with E-state index in [1.54, 1.807) is 0 Å². The molecule has 0 saturated heterocycles. The molecule has 0 nitrogen and oxygen atoms in total. The summed E-state index contributed by atoms with van der Waals surface area (Å²) in [6, 6.07) is 0. The van der Waals surface area contributed by atoms with Gasteiger partial charge in [0.2, 0.25) is 0 Å². The second-order valence-corrected chi connectivity index (χ2v) is 8.07. The van der Waals surface area contributed by atoms with E-state index in [2.05, 4.69) is 0 Å². The van der Waals surface area contributed by atoms with Crippen LogP contribution in [0.25, 0.3) is 0 Å². The summed E-state index contributed by atoms with van der Waals surface area (Å²) in [6.45, 7) is 0. The smallest absolute Gasteiger partial charge is 1.00 e. The topological polar surface area (TPSA) is 0 Å². The van der Waals surface area contributed by atoms with E-state index in [0.29, 0.717) is 0 Å². The van der Waals surface area contributed by atoms with Crippen LogP contribution in [0.5, 0.6) is 0 Å². The third kappa shape index (κ3) is 46.3. The fourth-order valence-corrected chi connectivity index (χ4v) is 0. The molecule has 0 heterocycles. The van der Waals surface area contributed by atoms with Gasteiger partial charge in [0.05, 0.1) is 0 Å². The average Bonchev–Trinajstić information content (AvgIpc) is 0.811. The Bertz CT molecular complexity index is 19.7. The molecule has 0 fully saturated rings. The maximum Gasteiger partial charge on any atom is 1.00 e. The van der Waals surface area contributed by atoms with Crippen LogP contribution in [-0.2, 0) is 13.0 Å². The zero-order valence-corrected chi connectivity index (χ0v) is 12.0. The predicted molar refractivity (Wildman–Crippen MR) is 24.0 cm³/mol. The Morgan fingerprint density at radius 2 is 1.00 bits per heavy atom. The molecular weight excluding hydrogens is 369 g/mol. The van der Waals surface area contributed by atoms with E-state index in [1.807, 2.05) is 0 Å². The van der Waals surface area contributed by atoms with Gasteiger partial charge in [-0.1, -0.05) is 0 Å². The molecule has 0 radical (unpaired) electrons. The minimum atomic E-state index is -1.75. The van der Waals surface area contributed by atoms with Crippen LogP contribution >= 0.6 is 29.1 Å². The molecule has 0 N–H and O–H groups in total. The standard InChI is InChI=1S/CH3.3ClH.HI.Na.Ru/h1H3;4*1H;;/q-1;;;;;+1;+3/p-4. The van der Waals surface area contributed by atoms with Gasteiger partial charge < -0.3 is 31.4 Å². The third-order valence-electron chi connectivity index (χ3n) is 0. The summed E-state index contributed by atoms with van der Waals surface area (Å²) in [5.74, 6) is 0. The molecule has 0 aromatic rings. The molecule has 0 bridgehead atoms. The number of halogens is 4. The second-order valence-electron chi connectivity index (χ2n) is 0.152. The maximum atomic E-state index is 4.95. The van der Waals surface area contributed by atoms with Crippen molar-refractivity contribution in [1.29, 1.82) is 0 Å². The summed E-state index contributed by atoms with van der Waals surface area (Å²) >= 11 is -1.75. The Balaban J connectivity index is -0.0000000150. The van der Waals surface area contributed by atoms with Crippen LogP contribution in [0.4, 0.5) is 0 Å². The molecule has 6 heteroatoms. The van der Waals surface area contributed by atoms with Crippen molar-refractivity contribution in [3.05, 3.63) is 7.43 Å². The molecule has 0 atom stereocenters. The fourth-order valence-electron chi connectivity index (χ4n) is 0. The van der Waals surface area contributed by atoms with E-state index in [9.17, 15) is 0 Å². The zero-order chi connectivity index (χ0) is 3.58. The minimum absolute atomic E-state index is 0. The van der Waals surface area contributed by atoms with Crippen molar-refractivity contribution < 1.29 is 66.5 Å². The maximum absolute atomic E-state index is 4.95. The van der Waals surface area contributed by atoms with E-state index in [0.717, 1.165) is 0 Å². The first-order valence-electron chi connectivity index (χ1n) is 0.401. The predicted octanol–water partition coefficient (Wildman–Crippen LogP) is -3.48. The van der Waals surface area contributed by atoms with Crippen LogP contribution in [0.3, 0.4) is 0 Å². The Labute approximate surface area is 101 Å². The van der Waals surface area contributed by atoms with E-state index >= 15 is 0 Å². The number of rotatable bonds is 0. The van der Waals surface area contributed by atoms with E-state index in [-0.39, 0.29) is 61.0 Å². The van der Waals surface area contributed by atoms with Crippen molar-refractivity contribution in [3.8, 4) is 0 Å². The van der Waals surface area contributed by atoms with Crippen LogP contribution in [-0.4, -0.2) is 0 Å². The van der Waals surface area contributed by atoms with Crippen LogP contribution in [0, 0.1) is 7.43 Å². The molecular formula is CH3Cl3INaRu-. The summed E-state index contributed by atoms with van der Waals surface area (Å²) in [7, 11) is 14.8. The van der Waals surface area contributed by atoms with Gasteiger partial charge in [-0.05, 0) is 0 Å². The van der Waals surface area contributed by atoms with E-state index < -0.39 is 13.0 Å². The van der Waals surface area contributed by atoms with Crippen molar-refractivity contribution in [1.82, 2.24) is 0 Å². The summed E-state index contributed by atoms with van der Waals surface area (Å²) in [6.07, 6.45) is 0. The molecule has 0 aliphatic carbocycles. The van der Waals surface area contributed by atoms with Crippen LogP contribution in [0.1, 0.15) is 0 Å². The van der Waals surface area contributed by atoms with Gasteiger partial charge in [-0.25, -0.2) is 0 Å². The Morgan fingerprint density at radius 1 is 1.00 bits per heavy atom. The van der Waals surface area contributed by atoms with Gasteiger partial charge in [0.1, 0.15) is 0 Å². The molecule has 7 heavy (non-hydrogen) atoms. The van der Waals surface area contributed by atoms with Crippen molar-refractivity contribution in [3.63, 3.8) is 0 Å². The molecule has 45 valence electrons.